The van der Waals surface area contributed by atoms with Gasteiger partial charge in [-0.1, -0.05) is 12.1 Å². The number of hydroxylamine groups is 2. The van der Waals surface area contributed by atoms with Crippen LogP contribution in [0.5, 0.6) is 5.75 Å². The molecular formula is C12H15NO4. The van der Waals surface area contributed by atoms with Crippen molar-refractivity contribution in [3.63, 3.8) is 0 Å². The number of nitrogens with zero attached hydrogens (tertiary/aromatic N) is 1. The van der Waals surface area contributed by atoms with E-state index in [0.717, 1.165) is 17.9 Å². The molecule has 17 heavy (non-hydrogen) atoms. The summed E-state index contributed by atoms with van der Waals surface area (Å²) in [6.45, 7) is 0.499. The number of rotatable bonds is 2. The molecule has 1 atom stereocenters. The van der Waals surface area contributed by atoms with Crippen LogP contribution in [0.2, 0.25) is 0 Å². The number of phenols is 1. The van der Waals surface area contributed by atoms with Crippen molar-refractivity contribution in [1.82, 2.24) is 5.06 Å². The Morgan fingerprint density at radius 3 is 2.82 bits per heavy atom. The van der Waals surface area contributed by atoms with Crippen molar-refractivity contribution in [2.45, 2.75) is 25.5 Å². The normalized spacial score (nSPS) is 21.1. The molecule has 0 amide bonds. The minimum Gasteiger partial charge on any atom is -0.507 e. The zero-order valence-electron chi connectivity index (χ0n) is 9.37. The van der Waals surface area contributed by atoms with Crippen LogP contribution in [0.25, 0.3) is 0 Å². The van der Waals surface area contributed by atoms with Gasteiger partial charge in [-0.15, -0.1) is 0 Å². The van der Waals surface area contributed by atoms with Gasteiger partial charge in [0.25, 0.3) is 0 Å². The van der Waals surface area contributed by atoms with Crippen LogP contribution in [0, 0.1) is 0 Å². The van der Waals surface area contributed by atoms with E-state index in [-0.39, 0.29) is 11.3 Å². The number of para-hydroxylation sites is 1. The highest BCUT2D eigenvalue weighted by molar-refractivity contribution is 5.92. The van der Waals surface area contributed by atoms with Crippen molar-refractivity contribution in [2.24, 2.45) is 0 Å². The first-order valence-electron chi connectivity index (χ1n) is 5.63. The fourth-order valence-corrected chi connectivity index (χ4v) is 1.84. The van der Waals surface area contributed by atoms with E-state index in [9.17, 15) is 15.1 Å². The van der Waals surface area contributed by atoms with Crippen molar-refractivity contribution in [3.8, 4) is 5.75 Å². The van der Waals surface area contributed by atoms with Crippen molar-refractivity contribution in [2.75, 3.05) is 6.54 Å². The van der Waals surface area contributed by atoms with Crippen molar-refractivity contribution >= 4 is 5.97 Å². The van der Waals surface area contributed by atoms with Gasteiger partial charge in [0.05, 0.1) is 0 Å². The summed E-state index contributed by atoms with van der Waals surface area (Å²) in [7, 11) is 0. The van der Waals surface area contributed by atoms with E-state index in [1.54, 1.807) is 12.1 Å². The summed E-state index contributed by atoms with van der Waals surface area (Å²) in [4.78, 5) is 11.8. The lowest BCUT2D eigenvalue weighted by atomic mass is 10.1. The predicted octanol–water partition coefficient (Wildman–Crippen LogP) is 1.75. The Kier molecular flexibility index (Phi) is 3.61. The highest BCUT2D eigenvalue weighted by Gasteiger charge is 2.25. The molecular weight excluding hydrogens is 222 g/mol. The lowest BCUT2D eigenvalue weighted by Gasteiger charge is -2.29. The molecule has 0 aromatic heterocycles. The molecule has 1 aliphatic heterocycles. The third kappa shape index (κ3) is 2.75. The topological polar surface area (TPSA) is 70.0 Å². The van der Waals surface area contributed by atoms with E-state index >= 15 is 0 Å². The largest absolute Gasteiger partial charge is 0.507 e. The molecule has 0 radical (unpaired) electrons. The zero-order valence-corrected chi connectivity index (χ0v) is 9.37. The molecule has 1 saturated heterocycles. The molecule has 0 bridgehead atoms. The number of hydrogen-bond donors (Lipinski definition) is 2. The number of carbonyl (C=O) groups is 1. The first-order valence-corrected chi connectivity index (χ1v) is 5.63. The van der Waals surface area contributed by atoms with Crippen LogP contribution in [-0.4, -0.2) is 34.1 Å². The highest BCUT2D eigenvalue weighted by Crippen LogP contribution is 2.21. The van der Waals surface area contributed by atoms with Crippen LogP contribution in [0.4, 0.5) is 0 Å². The van der Waals surface area contributed by atoms with Crippen molar-refractivity contribution in [1.29, 1.82) is 0 Å². The third-order valence-electron chi connectivity index (χ3n) is 2.79. The van der Waals surface area contributed by atoms with Gasteiger partial charge in [-0.25, -0.2) is 4.79 Å². The van der Waals surface area contributed by atoms with Crippen LogP contribution >= 0.6 is 0 Å². The quantitative estimate of drug-likeness (QED) is 0.767. The lowest BCUT2D eigenvalue weighted by molar-refractivity contribution is -0.210. The Labute approximate surface area is 99.2 Å². The minimum atomic E-state index is -0.617. The van der Waals surface area contributed by atoms with Gasteiger partial charge in [-0.2, -0.15) is 5.06 Å². The summed E-state index contributed by atoms with van der Waals surface area (Å²) in [5.41, 5.74) is 0.117. The molecule has 1 heterocycles. The van der Waals surface area contributed by atoms with Crippen LogP contribution < -0.4 is 0 Å². The van der Waals surface area contributed by atoms with Crippen molar-refractivity contribution < 1.29 is 19.8 Å². The van der Waals surface area contributed by atoms with Crippen molar-refractivity contribution in [3.05, 3.63) is 29.8 Å². The van der Waals surface area contributed by atoms with Crippen LogP contribution in [-0.2, 0) is 4.74 Å². The Morgan fingerprint density at radius 2 is 2.12 bits per heavy atom. The molecule has 1 aromatic rings. The number of aromatic hydroxyl groups is 1. The SMILES string of the molecule is O=C(OC1CCCCN1O)c1ccccc1O. The average molecular weight is 237 g/mol. The van der Waals surface area contributed by atoms with Crippen LogP contribution in [0.15, 0.2) is 24.3 Å². The van der Waals surface area contributed by atoms with E-state index in [2.05, 4.69) is 0 Å². The third-order valence-corrected chi connectivity index (χ3v) is 2.79. The molecule has 92 valence electrons. The van der Waals surface area contributed by atoms with Gasteiger partial charge in [0.15, 0.2) is 6.23 Å². The Balaban J connectivity index is 2.04. The molecule has 5 heteroatoms. The molecule has 0 saturated carbocycles. The number of esters is 1. The molecule has 1 aromatic carbocycles. The van der Waals surface area contributed by atoms with Crippen LogP contribution in [0.3, 0.4) is 0 Å². The van der Waals surface area contributed by atoms with Gasteiger partial charge in [-0.05, 0) is 25.0 Å². The standard InChI is InChI=1S/C12H15NO4/c14-10-6-2-1-5-9(10)12(15)17-11-7-3-4-8-13(11)16/h1-2,5-6,11,14,16H,3-4,7-8H2. The lowest BCUT2D eigenvalue weighted by Crippen LogP contribution is -2.40. The average Bonchev–Trinajstić information content (AvgIpc) is 2.32. The summed E-state index contributed by atoms with van der Waals surface area (Å²) in [5.74, 6) is -0.730. The second-order valence-corrected chi connectivity index (χ2v) is 4.04. The summed E-state index contributed by atoms with van der Waals surface area (Å²) >= 11 is 0. The van der Waals surface area contributed by atoms with Crippen LogP contribution in [0.1, 0.15) is 29.6 Å². The number of piperidine rings is 1. The highest BCUT2D eigenvalue weighted by atomic mass is 16.6. The minimum absolute atomic E-state index is 0.113. The zero-order chi connectivity index (χ0) is 12.3. The Morgan fingerprint density at radius 1 is 1.35 bits per heavy atom. The molecule has 2 N–H and O–H groups in total. The van der Waals surface area contributed by atoms with E-state index in [1.165, 1.54) is 12.1 Å². The molecule has 1 fully saturated rings. The number of carbonyl (C=O) groups excluding carboxylic acids is 1. The van der Waals surface area contributed by atoms with Gasteiger partial charge in [0.1, 0.15) is 11.3 Å². The van der Waals surface area contributed by atoms with E-state index < -0.39 is 12.2 Å². The Bertz CT molecular complexity index is 407. The van der Waals surface area contributed by atoms with Gasteiger partial charge in [0.2, 0.25) is 0 Å². The van der Waals surface area contributed by atoms with Gasteiger partial charge >= 0.3 is 5.97 Å². The van der Waals surface area contributed by atoms with E-state index in [4.69, 9.17) is 4.74 Å². The summed E-state index contributed by atoms with van der Waals surface area (Å²) in [6, 6.07) is 6.19. The summed E-state index contributed by atoms with van der Waals surface area (Å²) in [5, 5.41) is 20.1. The summed E-state index contributed by atoms with van der Waals surface area (Å²) < 4.78 is 5.15. The Hall–Kier alpha value is -1.59. The molecule has 0 aliphatic carbocycles. The van der Waals surface area contributed by atoms with E-state index in [0.29, 0.717) is 13.0 Å². The molecule has 1 aliphatic rings. The number of phenolic OH excluding ortho intramolecular Hbond substituents is 1. The molecule has 2 rings (SSSR count). The maximum atomic E-state index is 11.8. The van der Waals surface area contributed by atoms with Gasteiger partial charge in [-0.3, -0.25) is 0 Å². The number of benzene rings is 1. The number of hydrogen-bond acceptors (Lipinski definition) is 5. The second kappa shape index (κ2) is 5.16. The fourth-order valence-electron chi connectivity index (χ4n) is 1.84. The molecule has 5 nitrogen and oxygen atoms in total. The fraction of sp³-hybridized carbons (Fsp3) is 0.417. The first-order chi connectivity index (χ1) is 8.18. The monoisotopic (exact) mass is 237 g/mol. The molecule has 0 spiro atoms. The van der Waals surface area contributed by atoms with Gasteiger partial charge < -0.3 is 15.1 Å². The first kappa shape index (κ1) is 11.9. The maximum Gasteiger partial charge on any atom is 0.343 e. The smallest absolute Gasteiger partial charge is 0.343 e. The van der Waals surface area contributed by atoms with Gasteiger partial charge in [0, 0.05) is 13.0 Å². The predicted molar refractivity (Wildman–Crippen MR) is 59.7 cm³/mol. The van der Waals surface area contributed by atoms with E-state index in [1.807, 2.05) is 0 Å². The second-order valence-electron chi connectivity index (χ2n) is 4.04. The summed E-state index contributed by atoms with van der Waals surface area (Å²) in [6.07, 6.45) is 1.79. The molecule has 1 unspecified atom stereocenters. The number of ether oxygens (including phenoxy) is 1. The maximum absolute atomic E-state index is 11.8.